The summed E-state index contributed by atoms with van der Waals surface area (Å²) in [7, 11) is 0. The number of hydrogen-bond donors (Lipinski definition) is 3. The van der Waals surface area contributed by atoms with Crippen molar-refractivity contribution in [3.8, 4) is 11.5 Å². The maximum absolute atomic E-state index is 11.9. The second-order valence-corrected chi connectivity index (χ2v) is 7.38. The Bertz CT molecular complexity index is 734. The molecule has 0 atom stereocenters. The Morgan fingerprint density at radius 3 is 2.46 bits per heavy atom. The fourth-order valence-electron chi connectivity index (χ4n) is 2.43. The number of hydrogen-bond acceptors (Lipinski definition) is 3. The molecule has 0 unspecified atom stereocenters. The molecule has 0 aliphatic heterocycles. The van der Waals surface area contributed by atoms with Gasteiger partial charge < -0.3 is 20.5 Å². The predicted octanol–water partition coefficient (Wildman–Crippen LogP) is 4.59. The number of benzene rings is 2. The predicted molar refractivity (Wildman–Crippen MR) is 105 cm³/mol. The minimum atomic E-state index is -0.347. The lowest BCUT2D eigenvalue weighted by Gasteiger charge is -2.19. The van der Waals surface area contributed by atoms with E-state index >= 15 is 0 Å². The van der Waals surface area contributed by atoms with Crippen molar-refractivity contribution in [1.29, 1.82) is 0 Å². The standard InChI is InChI=1S/C21H28N2O3/c1-15-6-11-19(24)18(14-15)23-20(25)22-12-5-13-26-17-9-7-16(8-10-17)21(2,3)4/h6-11,14,24H,5,12-13H2,1-4H3,(H2,22,23,25). The maximum Gasteiger partial charge on any atom is 0.319 e. The topological polar surface area (TPSA) is 70.6 Å². The van der Waals surface area contributed by atoms with Crippen LogP contribution in [0.3, 0.4) is 0 Å². The van der Waals surface area contributed by atoms with Crippen LogP contribution in [0.25, 0.3) is 0 Å². The van der Waals surface area contributed by atoms with Crippen LogP contribution < -0.4 is 15.4 Å². The summed E-state index contributed by atoms with van der Waals surface area (Å²) in [4.78, 5) is 11.9. The molecule has 2 aromatic carbocycles. The smallest absolute Gasteiger partial charge is 0.319 e. The van der Waals surface area contributed by atoms with Gasteiger partial charge >= 0.3 is 6.03 Å². The molecular weight excluding hydrogens is 328 g/mol. The van der Waals surface area contributed by atoms with Crippen LogP contribution in [0.1, 0.15) is 38.3 Å². The number of carbonyl (C=O) groups excluding carboxylic acids is 1. The van der Waals surface area contributed by atoms with Gasteiger partial charge in [0, 0.05) is 6.54 Å². The first kappa shape index (κ1) is 19.6. The number of carbonyl (C=O) groups is 1. The fourth-order valence-corrected chi connectivity index (χ4v) is 2.43. The van der Waals surface area contributed by atoms with E-state index in [9.17, 15) is 9.90 Å². The third-order valence-electron chi connectivity index (χ3n) is 4.00. The Hall–Kier alpha value is -2.69. The van der Waals surface area contributed by atoms with E-state index in [1.807, 2.05) is 19.1 Å². The number of phenolic OH excluding ortho intramolecular Hbond substituents is 1. The summed E-state index contributed by atoms with van der Waals surface area (Å²) in [5, 5.41) is 15.1. The molecule has 0 aromatic heterocycles. The number of ether oxygens (including phenoxy) is 1. The lowest BCUT2D eigenvalue weighted by Crippen LogP contribution is -2.30. The average molecular weight is 356 g/mol. The van der Waals surface area contributed by atoms with Crippen molar-refractivity contribution in [1.82, 2.24) is 5.32 Å². The molecule has 5 nitrogen and oxygen atoms in total. The van der Waals surface area contributed by atoms with E-state index in [1.165, 1.54) is 5.56 Å². The molecule has 0 saturated heterocycles. The minimum Gasteiger partial charge on any atom is -0.506 e. The average Bonchev–Trinajstić information content (AvgIpc) is 2.57. The van der Waals surface area contributed by atoms with E-state index in [0.29, 0.717) is 25.3 Å². The number of urea groups is 1. The van der Waals surface area contributed by atoms with Gasteiger partial charge in [-0.25, -0.2) is 4.79 Å². The number of aryl methyl sites for hydroxylation is 1. The molecule has 0 radical (unpaired) electrons. The third-order valence-corrected chi connectivity index (χ3v) is 4.00. The first-order valence-corrected chi connectivity index (χ1v) is 8.83. The minimum absolute atomic E-state index is 0.0489. The second-order valence-electron chi connectivity index (χ2n) is 7.38. The van der Waals surface area contributed by atoms with Crippen molar-refractivity contribution in [3.63, 3.8) is 0 Å². The van der Waals surface area contributed by atoms with Crippen molar-refractivity contribution in [2.24, 2.45) is 0 Å². The van der Waals surface area contributed by atoms with E-state index < -0.39 is 0 Å². The molecule has 3 N–H and O–H groups in total. The quantitative estimate of drug-likeness (QED) is 0.524. The van der Waals surface area contributed by atoms with Gasteiger partial charge in [0.2, 0.25) is 0 Å². The van der Waals surface area contributed by atoms with Gasteiger partial charge in [0.15, 0.2) is 0 Å². The summed E-state index contributed by atoms with van der Waals surface area (Å²) in [5.74, 6) is 0.875. The Kier molecular flexibility index (Phi) is 6.50. The van der Waals surface area contributed by atoms with Crippen molar-refractivity contribution >= 4 is 11.7 Å². The first-order valence-electron chi connectivity index (χ1n) is 8.83. The zero-order valence-electron chi connectivity index (χ0n) is 15.9. The molecule has 140 valence electrons. The summed E-state index contributed by atoms with van der Waals surface area (Å²) < 4.78 is 5.70. The van der Waals surface area contributed by atoms with Gasteiger partial charge in [-0.3, -0.25) is 0 Å². The van der Waals surface area contributed by atoms with Gasteiger partial charge in [0.1, 0.15) is 11.5 Å². The molecule has 2 aromatic rings. The maximum atomic E-state index is 11.9. The van der Waals surface area contributed by atoms with Gasteiger partial charge in [0.05, 0.1) is 12.3 Å². The van der Waals surface area contributed by atoms with Crippen LogP contribution in [-0.2, 0) is 5.41 Å². The van der Waals surface area contributed by atoms with E-state index in [-0.39, 0.29) is 17.2 Å². The Labute approximate surface area is 155 Å². The summed E-state index contributed by atoms with van der Waals surface area (Å²) in [6.07, 6.45) is 0.689. The zero-order chi connectivity index (χ0) is 19.2. The number of anilines is 1. The number of nitrogens with one attached hydrogen (secondary N) is 2. The summed E-state index contributed by atoms with van der Waals surface area (Å²) >= 11 is 0. The molecule has 2 amide bonds. The number of aromatic hydroxyl groups is 1. The lowest BCUT2D eigenvalue weighted by molar-refractivity contribution is 0.250. The molecule has 2 rings (SSSR count). The SMILES string of the molecule is Cc1ccc(O)c(NC(=O)NCCCOc2ccc(C(C)(C)C)cc2)c1. The molecule has 0 spiro atoms. The highest BCUT2D eigenvalue weighted by molar-refractivity contribution is 5.90. The van der Waals surface area contributed by atoms with E-state index in [4.69, 9.17) is 4.74 Å². The lowest BCUT2D eigenvalue weighted by atomic mass is 9.87. The largest absolute Gasteiger partial charge is 0.506 e. The van der Waals surface area contributed by atoms with Gasteiger partial charge in [-0.15, -0.1) is 0 Å². The summed E-state index contributed by atoms with van der Waals surface area (Å²) in [5.41, 5.74) is 2.76. The van der Waals surface area contributed by atoms with Crippen molar-refractivity contribution < 1.29 is 14.6 Å². The molecule has 0 aliphatic carbocycles. The second kappa shape index (κ2) is 8.61. The van der Waals surface area contributed by atoms with Crippen LogP contribution in [0.5, 0.6) is 11.5 Å². The summed E-state index contributed by atoms with van der Waals surface area (Å²) in [6.45, 7) is 9.43. The van der Waals surface area contributed by atoms with Crippen LogP contribution in [0.4, 0.5) is 10.5 Å². The van der Waals surface area contributed by atoms with E-state index in [1.54, 1.807) is 18.2 Å². The third kappa shape index (κ3) is 5.99. The van der Waals surface area contributed by atoms with Crippen molar-refractivity contribution in [2.75, 3.05) is 18.5 Å². The van der Waals surface area contributed by atoms with E-state index in [0.717, 1.165) is 11.3 Å². The fraction of sp³-hybridized carbons (Fsp3) is 0.381. The van der Waals surface area contributed by atoms with Gasteiger partial charge in [-0.1, -0.05) is 39.0 Å². The van der Waals surface area contributed by atoms with Crippen molar-refractivity contribution in [3.05, 3.63) is 53.6 Å². The molecule has 5 heteroatoms. The van der Waals surface area contributed by atoms with Gasteiger partial charge in [-0.05, 0) is 54.2 Å². The first-order chi connectivity index (χ1) is 12.3. The molecule has 0 fully saturated rings. The monoisotopic (exact) mass is 356 g/mol. The highest BCUT2D eigenvalue weighted by atomic mass is 16.5. The van der Waals surface area contributed by atoms with Crippen LogP contribution in [0.15, 0.2) is 42.5 Å². The van der Waals surface area contributed by atoms with Crippen molar-refractivity contribution in [2.45, 2.75) is 39.5 Å². The highest BCUT2D eigenvalue weighted by Gasteiger charge is 2.12. The van der Waals surface area contributed by atoms with Crippen LogP contribution in [0, 0.1) is 6.92 Å². The highest BCUT2D eigenvalue weighted by Crippen LogP contribution is 2.24. The number of phenols is 1. The van der Waals surface area contributed by atoms with Crippen LogP contribution in [0.2, 0.25) is 0 Å². The normalized spacial score (nSPS) is 11.1. The molecule has 26 heavy (non-hydrogen) atoms. The zero-order valence-corrected chi connectivity index (χ0v) is 15.9. The molecule has 0 heterocycles. The number of rotatable bonds is 6. The van der Waals surface area contributed by atoms with Gasteiger partial charge in [0.25, 0.3) is 0 Å². The number of amides is 2. The molecule has 0 saturated carbocycles. The molecule has 0 bridgehead atoms. The van der Waals surface area contributed by atoms with Crippen LogP contribution >= 0.6 is 0 Å². The Morgan fingerprint density at radius 2 is 1.81 bits per heavy atom. The Morgan fingerprint density at radius 1 is 1.12 bits per heavy atom. The molecular formula is C21H28N2O3. The van der Waals surface area contributed by atoms with Crippen LogP contribution in [-0.4, -0.2) is 24.3 Å². The molecule has 0 aliphatic rings. The van der Waals surface area contributed by atoms with Gasteiger partial charge in [-0.2, -0.15) is 0 Å². The van der Waals surface area contributed by atoms with E-state index in [2.05, 4.69) is 43.5 Å². The summed E-state index contributed by atoms with van der Waals surface area (Å²) in [6, 6.07) is 12.8. The Balaban J connectivity index is 1.68.